The van der Waals surface area contributed by atoms with E-state index in [1.165, 1.54) is 0 Å². The van der Waals surface area contributed by atoms with Gasteiger partial charge in [-0.3, -0.25) is 4.98 Å². The average molecular weight is 352 g/mol. The third kappa shape index (κ3) is 4.69. The summed E-state index contributed by atoms with van der Waals surface area (Å²) in [5.41, 5.74) is 0.358. The average Bonchev–Trinajstić information content (AvgIpc) is 2.67. The number of ether oxygens (including phenoxy) is 1. The molecule has 3 nitrogen and oxygen atoms in total. The Morgan fingerprint density at radius 1 is 1.00 bits per heavy atom. The molecule has 4 heteroatoms. The molecule has 1 N–H and O–H groups in total. The molecule has 0 bridgehead atoms. The van der Waals surface area contributed by atoms with Gasteiger partial charge in [-0.15, -0.1) is 0 Å². The number of rotatable bonds is 6. The van der Waals surface area contributed by atoms with Crippen LogP contribution >= 0.6 is 11.6 Å². The molecule has 3 rings (SSSR count). The number of aromatic nitrogens is 1. The van der Waals surface area contributed by atoms with Crippen molar-refractivity contribution in [2.45, 2.75) is 5.60 Å². The maximum atomic E-state index is 11.2. The second-order valence-electron chi connectivity index (χ2n) is 5.65. The van der Waals surface area contributed by atoms with Gasteiger partial charge in [-0.2, -0.15) is 0 Å². The fourth-order valence-electron chi connectivity index (χ4n) is 2.37. The lowest BCUT2D eigenvalue weighted by Gasteiger charge is -2.25. The van der Waals surface area contributed by atoms with Gasteiger partial charge in [0, 0.05) is 23.0 Å². The van der Waals surface area contributed by atoms with Crippen LogP contribution in [0.2, 0.25) is 5.02 Å². The van der Waals surface area contributed by atoms with Gasteiger partial charge in [0.1, 0.15) is 18.0 Å². The molecule has 0 aliphatic carbocycles. The second kappa shape index (κ2) is 7.97. The van der Waals surface area contributed by atoms with Crippen molar-refractivity contribution in [1.29, 1.82) is 0 Å². The number of nitrogens with zero attached hydrogens (tertiary/aromatic N) is 1. The molecule has 1 atom stereocenters. The minimum atomic E-state index is -1.30. The number of hydrogen-bond donors (Lipinski definition) is 1. The lowest BCUT2D eigenvalue weighted by molar-refractivity contribution is 0.0351. The zero-order chi connectivity index (χ0) is 17.5. The Morgan fingerprint density at radius 2 is 1.76 bits per heavy atom. The first kappa shape index (κ1) is 17.2. The van der Waals surface area contributed by atoms with Crippen molar-refractivity contribution in [3.63, 3.8) is 0 Å². The number of hydrogen-bond acceptors (Lipinski definition) is 3. The number of pyridine rings is 1. The van der Waals surface area contributed by atoms with Gasteiger partial charge >= 0.3 is 0 Å². The summed E-state index contributed by atoms with van der Waals surface area (Å²) in [5.74, 6) is 0.639. The maximum absolute atomic E-state index is 11.2. The van der Waals surface area contributed by atoms with E-state index < -0.39 is 5.60 Å². The van der Waals surface area contributed by atoms with Gasteiger partial charge in [-0.1, -0.05) is 54.1 Å². The fourth-order valence-corrected chi connectivity index (χ4v) is 2.49. The van der Waals surface area contributed by atoms with Gasteiger partial charge in [-0.25, -0.2) is 0 Å². The summed E-state index contributed by atoms with van der Waals surface area (Å²) in [4.78, 5) is 4.11. The highest BCUT2D eigenvalue weighted by Gasteiger charge is 2.27. The minimum Gasteiger partial charge on any atom is -0.490 e. The van der Waals surface area contributed by atoms with Crippen molar-refractivity contribution in [3.05, 3.63) is 101 Å². The summed E-state index contributed by atoms with van der Waals surface area (Å²) in [6.45, 7) is 0.0592. The molecular weight excluding hydrogens is 334 g/mol. The minimum absolute atomic E-state index is 0.0592. The van der Waals surface area contributed by atoms with Gasteiger partial charge in [0.2, 0.25) is 0 Å². The molecule has 0 aliphatic heterocycles. The van der Waals surface area contributed by atoms with E-state index in [1.54, 1.807) is 48.8 Å². The summed E-state index contributed by atoms with van der Waals surface area (Å²) < 4.78 is 5.78. The van der Waals surface area contributed by atoms with Crippen molar-refractivity contribution in [1.82, 2.24) is 4.98 Å². The Kier molecular flexibility index (Phi) is 5.49. The number of halogens is 1. The number of aliphatic hydroxyl groups is 1. The largest absolute Gasteiger partial charge is 0.490 e. The van der Waals surface area contributed by atoms with Crippen LogP contribution in [0.1, 0.15) is 11.1 Å². The lowest BCUT2D eigenvalue weighted by atomic mass is 9.95. The highest BCUT2D eigenvalue weighted by atomic mass is 35.5. The van der Waals surface area contributed by atoms with Crippen LogP contribution in [0.4, 0.5) is 0 Å². The topological polar surface area (TPSA) is 42.4 Å². The second-order valence-corrected chi connectivity index (χ2v) is 6.09. The molecule has 0 radical (unpaired) electrons. The quantitative estimate of drug-likeness (QED) is 0.699. The van der Waals surface area contributed by atoms with E-state index in [4.69, 9.17) is 16.3 Å². The van der Waals surface area contributed by atoms with Crippen LogP contribution in [0.15, 0.2) is 85.2 Å². The van der Waals surface area contributed by atoms with Crippen LogP contribution < -0.4 is 4.74 Å². The fraction of sp³-hybridized carbons (Fsp3) is 0.0952. The third-order valence-electron chi connectivity index (χ3n) is 3.79. The first-order valence-corrected chi connectivity index (χ1v) is 8.29. The summed E-state index contributed by atoms with van der Waals surface area (Å²) in [6.07, 6.45) is 6.92. The molecule has 0 spiro atoms. The van der Waals surface area contributed by atoms with Gasteiger partial charge in [0.05, 0.1) is 0 Å². The summed E-state index contributed by atoms with van der Waals surface area (Å²) >= 11 is 5.89. The third-order valence-corrected chi connectivity index (χ3v) is 4.04. The predicted octanol–water partition coefficient (Wildman–Crippen LogP) is 4.72. The van der Waals surface area contributed by atoms with Crippen molar-refractivity contribution >= 4 is 17.7 Å². The van der Waals surface area contributed by atoms with Crippen molar-refractivity contribution in [2.24, 2.45) is 0 Å². The van der Waals surface area contributed by atoms with Crippen LogP contribution in [0.3, 0.4) is 0 Å². The van der Waals surface area contributed by atoms with Gasteiger partial charge in [-0.05, 0) is 42.0 Å². The van der Waals surface area contributed by atoms with E-state index in [9.17, 15) is 5.11 Å². The molecule has 0 saturated carbocycles. The van der Waals surface area contributed by atoms with Crippen LogP contribution in [-0.2, 0) is 5.60 Å². The van der Waals surface area contributed by atoms with Crippen LogP contribution in [0, 0.1) is 0 Å². The summed E-state index contributed by atoms with van der Waals surface area (Å²) in [6, 6.07) is 20.5. The zero-order valence-electron chi connectivity index (χ0n) is 13.5. The molecule has 1 unspecified atom stereocenters. The molecule has 1 heterocycles. The molecule has 126 valence electrons. The van der Waals surface area contributed by atoms with Gasteiger partial charge < -0.3 is 9.84 Å². The summed E-state index contributed by atoms with van der Waals surface area (Å²) in [7, 11) is 0. The van der Waals surface area contributed by atoms with Crippen molar-refractivity contribution in [3.8, 4) is 5.75 Å². The Labute approximate surface area is 152 Å². The monoisotopic (exact) mass is 351 g/mol. The van der Waals surface area contributed by atoms with E-state index in [0.717, 1.165) is 5.56 Å². The SMILES string of the molecule is OC(C=Cc1ccccc1)(COc1ccc(Cl)cc1)c1cccnc1. The molecule has 0 amide bonds. The molecule has 0 saturated heterocycles. The highest BCUT2D eigenvalue weighted by molar-refractivity contribution is 6.30. The van der Waals surface area contributed by atoms with E-state index in [1.807, 2.05) is 42.5 Å². The standard InChI is InChI=1S/C21H18ClNO2/c22-19-8-10-20(11-9-19)25-16-21(24,18-7-4-14-23-15-18)13-12-17-5-2-1-3-6-17/h1-15,24H,16H2. The highest BCUT2D eigenvalue weighted by Crippen LogP contribution is 2.25. The van der Waals surface area contributed by atoms with E-state index in [2.05, 4.69) is 4.98 Å². The lowest BCUT2D eigenvalue weighted by Crippen LogP contribution is -2.31. The van der Waals surface area contributed by atoms with Crippen LogP contribution in [-0.4, -0.2) is 16.7 Å². The van der Waals surface area contributed by atoms with E-state index in [0.29, 0.717) is 16.3 Å². The normalized spacial score (nSPS) is 13.5. The molecule has 1 aromatic heterocycles. The predicted molar refractivity (Wildman–Crippen MR) is 101 cm³/mol. The van der Waals surface area contributed by atoms with Gasteiger partial charge in [0.25, 0.3) is 0 Å². The Bertz CT molecular complexity index is 820. The molecule has 3 aromatic rings. The smallest absolute Gasteiger partial charge is 0.143 e. The zero-order valence-corrected chi connectivity index (χ0v) is 14.3. The van der Waals surface area contributed by atoms with Crippen molar-refractivity contribution < 1.29 is 9.84 Å². The first-order chi connectivity index (χ1) is 12.2. The van der Waals surface area contributed by atoms with Crippen molar-refractivity contribution in [2.75, 3.05) is 6.61 Å². The maximum Gasteiger partial charge on any atom is 0.143 e. The van der Waals surface area contributed by atoms with Crippen LogP contribution in [0.25, 0.3) is 6.08 Å². The van der Waals surface area contributed by atoms with Gasteiger partial charge in [0.15, 0.2) is 0 Å². The van der Waals surface area contributed by atoms with E-state index in [-0.39, 0.29) is 6.61 Å². The molecule has 25 heavy (non-hydrogen) atoms. The van der Waals surface area contributed by atoms with E-state index >= 15 is 0 Å². The van der Waals surface area contributed by atoms with Crippen LogP contribution in [0.5, 0.6) is 5.75 Å². The Balaban J connectivity index is 1.84. The molecule has 2 aromatic carbocycles. The molecule has 0 fully saturated rings. The first-order valence-electron chi connectivity index (χ1n) is 7.91. The Morgan fingerprint density at radius 3 is 2.44 bits per heavy atom. The molecule has 0 aliphatic rings. The number of benzene rings is 2. The summed E-state index contributed by atoms with van der Waals surface area (Å²) in [5, 5.41) is 11.8. The molecular formula is C21H18ClNO2. The Hall–Kier alpha value is -2.62.